The molecule has 3 rings (SSSR count). The molecule has 1 atom stereocenters. The number of fused-ring (bicyclic) bond motifs is 1. The van der Waals surface area contributed by atoms with Gasteiger partial charge in [0.1, 0.15) is 17.9 Å². The smallest absolute Gasteiger partial charge is 0.401 e. The molecule has 1 saturated heterocycles. The fourth-order valence-electron chi connectivity index (χ4n) is 3.59. The first kappa shape index (κ1) is 23.8. The van der Waals surface area contributed by atoms with Crippen LogP contribution in [0, 0.1) is 12.8 Å². The number of aryl methyl sites for hydroxylation is 1. The third-order valence-corrected chi connectivity index (χ3v) is 5.00. The molecule has 29 heavy (non-hydrogen) atoms. The maximum absolute atomic E-state index is 12.5. The second-order valence-electron chi connectivity index (χ2n) is 7.23. The molecule has 162 valence electrons. The molecule has 2 N–H and O–H groups in total. The molecule has 1 aromatic carbocycles. The maximum atomic E-state index is 12.5. The number of alkyl halides is 3. The van der Waals surface area contributed by atoms with Gasteiger partial charge < -0.3 is 15.1 Å². The Hall–Kier alpha value is -1.49. The summed E-state index contributed by atoms with van der Waals surface area (Å²) in [5.74, 6) is 1.64. The van der Waals surface area contributed by atoms with Gasteiger partial charge in [0.2, 0.25) is 0 Å². The van der Waals surface area contributed by atoms with Gasteiger partial charge in [-0.25, -0.2) is 4.99 Å². The molecular weight excluding hydrogens is 496 g/mol. The van der Waals surface area contributed by atoms with Crippen LogP contribution in [0.25, 0.3) is 11.0 Å². The lowest BCUT2D eigenvalue weighted by Crippen LogP contribution is -2.40. The third kappa shape index (κ3) is 6.77. The van der Waals surface area contributed by atoms with Crippen LogP contribution in [0.1, 0.15) is 24.7 Å². The van der Waals surface area contributed by atoms with Gasteiger partial charge >= 0.3 is 6.18 Å². The molecule has 0 aliphatic carbocycles. The van der Waals surface area contributed by atoms with Crippen molar-refractivity contribution in [2.75, 3.05) is 32.7 Å². The van der Waals surface area contributed by atoms with Crippen molar-refractivity contribution in [1.82, 2.24) is 15.5 Å². The third-order valence-electron chi connectivity index (χ3n) is 5.00. The Kier molecular flexibility index (Phi) is 8.62. The van der Waals surface area contributed by atoms with Crippen LogP contribution < -0.4 is 10.6 Å². The molecule has 1 fully saturated rings. The molecule has 0 bridgehead atoms. The molecule has 0 saturated carbocycles. The number of nitrogens with one attached hydrogen (secondary N) is 2. The number of rotatable bonds is 6. The summed E-state index contributed by atoms with van der Waals surface area (Å²) < 4.78 is 43.5. The van der Waals surface area contributed by atoms with Crippen molar-refractivity contribution in [3.63, 3.8) is 0 Å². The van der Waals surface area contributed by atoms with Gasteiger partial charge in [0, 0.05) is 30.6 Å². The number of aliphatic imine (C=N–C) groups is 1. The van der Waals surface area contributed by atoms with Crippen molar-refractivity contribution in [3.05, 3.63) is 35.6 Å². The second kappa shape index (κ2) is 10.5. The number of furan rings is 1. The zero-order chi connectivity index (χ0) is 20.1. The molecule has 5 nitrogen and oxygen atoms in total. The molecule has 1 aliphatic heterocycles. The number of likely N-dealkylation sites (tertiary alicyclic amines) is 1. The minimum atomic E-state index is -4.14. The predicted molar refractivity (Wildman–Crippen MR) is 120 cm³/mol. The number of benzene rings is 1. The van der Waals surface area contributed by atoms with Gasteiger partial charge in [0.25, 0.3) is 0 Å². The van der Waals surface area contributed by atoms with Gasteiger partial charge in [0.05, 0.1) is 6.54 Å². The molecule has 9 heteroatoms. The van der Waals surface area contributed by atoms with Crippen LogP contribution in [0.4, 0.5) is 13.2 Å². The van der Waals surface area contributed by atoms with E-state index in [0.29, 0.717) is 38.7 Å². The number of guanidine groups is 1. The zero-order valence-corrected chi connectivity index (χ0v) is 19.0. The first-order valence-electron chi connectivity index (χ1n) is 9.64. The fourth-order valence-corrected chi connectivity index (χ4v) is 3.59. The summed E-state index contributed by atoms with van der Waals surface area (Å²) in [7, 11) is 0. The van der Waals surface area contributed by atoms with Crippen LogP contribution in [0.15, 0.2) is 33.7 Å². The molecule has 2 aromatic rings. The number of hydrogen-bond donors (Lipinski definition) is 2. The number of hydrogen-bond acceptors (Lipinski definition) is 3. The fraction of sp³-hybridized carbons (Fsp3) is 0.550. The molecule has 0 amide bonds. The van der Waals surface area contributed by atoms with E-state index in [0.717, 1.165) is 28.7 Å². The Morgan fingerprint density at radius 1 is 1.28 bits per heavy atom. The van der Waals surface area contributed by atoms with Crippen molar-refractivity contribution >= 4 is 40.9 Å². The largest absolute Gasteiger partial charge is 0.459 e. The average molecular weight is 524 g/mol. The number of nitrogens with zero attached hydrogens (tertiary/aromatic N) is 2. The Balaban J connectivity index is 0.00000300. The first-order valence-corrected chi connectivity index (χ1v) is 9.64. The van der Waals surface area contributed by atoms with E-state index in [1.807, 2.05) is 38.1 Å². The van der Waals surface area contributed by atoms with Crippen molar-refractivity contribution in [3.8, 4) is 0 Å². The lowest BCUT2D eigenvalue weighted by Gasteiger charge is -2.18. The molecular formula is C20H28F3IN4O. The highest BCUT2D eigenvalue weighted by Crippen LogP contribution is 2.25. The van der Waals surface area contributed by atoms with Crippen molar-refractivity contribution in [2.45, 2.75) is 33.0 Å². The van der Waals surface area contributed by atoms with E-state index in [4.69, 9.17) is 4.42 Å². The quantitative estimate of drug-likeness (QED) is 0.336. The minimum Gasteiger partial charge on any atom is -0.459 e. The van der Waals surface area contributed by atoms with Crippen LogP contribution in [0.3, 0.4) is 0 Å². The summed E-state index contributed by atoms with van der Waals surface area (Å²) in [6.07, 6.45) is -3.38. The van der Waals surface area contributed by atoms with Crippen molar-refractivity contribution in [2.24, 2.45) is 10.9 Å². The monoisotopic (exact) mass is 524 g/mol. The molecule has 1 aliphatic rings. The summed E-state index contributed by atoms with van der Waals surface area (Å²) in [6.45, 7) is 5.81. The lowest BCUT2D eigenvalue weighted by atomic mass is 10.1. The van der Waals surface area contributed by atoms with E-state index in [9.17, 15) is 13.2 Å². The maximum Gasteiger partial charge on any atom is 0.401 e. The number of halogens is 4. The SMILES string of the molecule is CCNC(=NCc1oc2ccccc2c1C)NCC1CCN(CC(F)(F)F)C1.I. The summed E-state index contributed by atoms with van der Waals surface area (Å²) in [5.41, 5.74) is 1.92. The molecule has 0 radical (unpaired) electrons. The van der Waals surface area contributed by atoms with Gasteiger partial charge in [-0.3, -0.25) is 4.90 Å². The van der Waals surface area contributed by atoms with E-state index in [-0.39, 0.29) is 29.9 Å². The normalized spacial score (nSPS) is 18.1. The van der Waals surface area contributed by atoms with E-state index in [1.165, 1.54) is 4.90 Å². The van der Waals surface area contributed by atoms with Crippen LogP contribution in [0.2, 0.25) is 0 Å². The average Bonchev–Trinajstić information content (AvgIpc) is 3.20. The van der Waals surface area contributed by atoms with Gasteiger partial charge in [-0.05, 0) is 38.8 Å². The summed E-state index contributed by atoms with van der Waals surface area (Å²) in [5, 5.41) is 7.53. The zero-order valence-electron chi connectivity index (χ0n) is 16.7. The Bertz CT molecular complexity index is 822. The minimum absolute atomic E-state index is 0. The molecule has 0 spiro atoms. The first-order chi connectivity index (χ1) is 13.4. The van der Waals surface area contributed by atoms with Crippen molar-refractivity contribution in [1.29, 1.82) is 0 Å². The van der Waals surface area contributed by atoms with E-state index >= 15 is 0 Å². The summed E-state index contributed by atoms with van der Waals surface area (Å²) in [4.78, 5) is 6.05. The van der Waals surface area contributed by atoms with Gasteiger partial charge in [-0.15, -0.1) is 24.0 Å². The highest BCUT2D eigenvalue weighted by Gasteiger charge is 2.34. The topological polar surface area (TPSA) is 52.8 Å². The van der Waals surface area contributed by atoms with Crippen LogP contribution in [-0.2, 0) is 6.54 Å². The van der Waals surface area contributed by atoms with E-state index in [2.05, 4.69) is 15.6 Å². The predicted octanol–water partition coefficient (Wildman–Crippen LogP) is 4.30. The van der Waals surface area contributed by atoms with Crippen LogP contribution in [0.5, 0.6) is 0 Å². The Morgan fingerprint density at radius 3 is 2.72 bits per heavy atom. The Morgan fingerprint density at radius 2 is 2.03 bits per heavy atom. The molecule has 1 unspecified atom stereocenters. The number of para-hydroxylation sites is 1. The highest BCUT2D eigenvalue weighted by molar-refractivity contribution is 14.0. The lowest BCUT2D eigenvalue weighted by molar-refractivity contribution is -0.143. The van der Waals surface area contributed by atoms with Gasteiger partial charge in [0.15, 0.2) is 5.96 Å². The standard InChI is InChI=1S/C20H27F3N4O.HI/c1-3-24-19(25-10-15-8-9-27(12-15)13-20(21,22)23)26-11-18-14(2)16-6-4-5-7-17(16)28-18;/h4-7,15H,3,8-13H2,1-2H3,(H2,24,25,26);1H. The summed E-state index contributed by atoms with van der Waals surface area (Å²) in [6, 6.07) is 7.88. The Labute approximate surface area is 186 Å². The van der Waals surface area contributed by atoms with Crippen molar-refractivity contribution < 1.29 is 17.6 Å². The molecule has 1 aromatic heterocycles. The van der Waals surface area contributed by atoms with Gasteiger partial charge in [-0.1, -0.05) is 18.2 Å². The molecule has 2 heterocycles. The van der Waals surface area contributed by atoms with Crippen LogP contribution >= 0.6 is 24.0 Å². The second-order valence-corrected chi connectivity index (χ2v) is 7.23. The highest BCUT2D eigenvalue weighted by atomic mass is 127. The summed E-state index contributed by atoms with van der Waals surface area (Å²) >= 11 is 0. The van der Waals surface area contributed by atoms with E-state index in [1.54, 1.807) is 0 Å². The van der Waals surface area contributed by atoms with Gasteiger partial charge in [-0.2, -0.15) is 13.2 Å². The van der Waals surface area contributed by atoms with E-state index < -0.39 is 12.7 Å². The van der Waals surface area contributed by atoms with Crippen LogP contribution in [-0.4, -0.2) is 49.8 Å².